The van der Waals surface area contributed by atoms with Crippen molar-refractivity contribution in [3.63, 3.8) is 0 Å². The predicted octanol–water partition coefficient (Wildman–Crippen LogP) is 2.80. The molecule has 1 fully saturated rings. The van der Waals surface area contributed by atoms with Crippen LogP contribution in [0.25, 0.3) is 11.0 Å². The molecule has 1 saturated carbocycles. The zero-order valence-electron chi connectivity index (χ0n) is 15.9. The van der Waals surface area contributed by atoms with Crippen LogP contribution in [0, 0.1) is 18.6 Å². The van der Waals surface area contributed by atoms with Crippen LogP contribution in [-0.2, 0) is 11.8 Å². The lowest BCUT2D eigenvalue weighted by Gasteiger charge is -2.10. The van der Waals surface area contributed by atoms with Crippen LogP contribution in [0.5, 0.6) is 0 Å². The lowest BCUT2D eigenvalue weighted by molar-refractivity contribution is -0.115. The number of fused-ring (bicyclic) bond motifs is 1. The molecule has 2 aromatic heterocycles. The summed E-state index contributed by atoms with van der Waals surface area (Å²) in [5.74, 6) is -2.70. The Hall–Kier alpha value is -3.36. The average molecular weight is 399 g/mol. The van der Waals surface area contributed by atoms with Gasteiger partial charge < -0.3 is 10.6 Å². The summed E-state index contributed by atoms with van der Waals surface area (Å²) in [4.78, 5) is 29.5. The van der Waals surface area contributed by atoms with Gasteiger partial charge in [-0.2, -0.15) is 5.10 Å². The third-order valence-electron chi connectivity index (χ3n) is 4.84. The SMILES string of the molecule is Cc1nn(C)c2nc(C3CC3)cc(C(=O)NCC(=O)Nc3ccc(F)c(F)c3)c12. The molecule has 150 valence electrons. The number of pyridine rings is 1. The summed E-state index contributed by atoms with van der Waals surface area (Å²) in [6, 6.07) is 4.80. The first kappa shape index (κ1) is 19.0. The molecule has 4 rings (SSSR count). The normalized spacial score (nSPS) is 13.5. The van der Waals surface area contributed by atoms with Gasteiger partial charge in [0, 0.05) is 30.4 Å². The van der Waals surface area contributed by atoms with Crippen molar-refractivity contribution >= 4 is 28.5 Å². The molecule has 0 unspecified atom stereocenters. The van der Waals surface area contributed by atoms with E-state index in [9.17, 15) is 18.4 Å². The zero-order valence-corrected chi connectivity index (χ0v) is 15.9. The molecule has 1 aromatic carbocycles. The Morgan fingerprint density at radius 2 is 1.97 bits per heavy atom. The Morgan fingerprint density at radius 1 is 1.21 bits per heavy atom. The summed E-state index contributed by atoms with van der Waals surface area (Å²) in [6.07, 6.45) is 2.07. The second-order valence-corrected chi connectivity index (χ2v) is 7.14. The third kappa shape index (κ3) is 3.80. The number of halogens is 2. The zero-order chi connectivity index (χ0) is 20.7. The van der Waals surface area contributed by atoms with Crippen molar-refractivity contribution in [1.29, 1.82) is 0 Å². The number of anilines is 1. The van der Waals surface area contributed by atoms with Gasteiger partial charge >= 0.3 is 0 Å². The molecular weight excluding hydrogens is 380 g/mol. The van der Waals surface area contributed by atoms with Crippen molar-refractivity contribution in [3.05, 3.63) is 52.9 Å². The number of nitrogens with one attached hydrogen (secondary N) is 2. The van der Waals surface area contributed by atoms with E-state index >= 15 is 0 Å². The molecule has 29 heavy (non-hydrogen) atoms. The molecule has 9 heteroatoms. The average Bonchev–Trinajstić information content (AvgIpc) is 3.49. The minimum absolute atomic E-state index is 0.105. The molecule has 3 aromatic rings. The first-order chi connectivity index (χ1) is 13.8. The summed E-state index contributed by atoms with van der Waals surface area (Å²) in [5, 5.41) is 9.99. The quantitative estimate of drug-likeness (QED) is 0.691. The highest BCUT2D eigenvalue weighted by Gasteiger charge is 2.28. The second kappa shape index (κ2) is 7.23. The van der Waals surface area contributed by atoms with Crippen LogP contribution in [0.4, 0.5) is 14.5 Å². The monoisotopic (exact) mass is 399 g/mol. The van der Waals surface area contributed by atoms with E-state index in [1.165, 1.54) is 6.07 Å². The molecule has 2 N–H and O–H groups in total. The number of hydrogen-bond donors (Lipinski definition) is 2. The van der Waals surface area contributed by atoms with Gasteiger partial charge in [-0.15, -0.1) is 0 Å². The summed E-state index contributed by atoms with van der Waals surface area (Å²) in [7, 11) is 1.77. The van der Waals surface area contributed by atoms with Crippen molar-refractivity contribution in [2.75, 3.05) is 11.9 Å². The third-order valence-corrected chi connectivity index (χ3v) is 4.84. The highest BCUT2D eigenvalue weighted by Crippen LogP contribution is 2.40. The van der Waals surface area contributed by atoms with Crippen LogP contribution in [0.1, 0.15) is 40.5 Å². The van der Waals surface area contributed by atoms with Crippen LogP contribution < -0.4 is 10.6 Å². The largest absolute Gasteiger partial charge is 0.343 e. The van der Waals surface area contributed by atoms with E-state index in [0.29, 0.717) is 28.2 Å². The van der Waals surface area contributed by atoms with E-state index in [4.69, 9.17) is 0 Å². The maximum absolute atomic E-state index is 13.3. The fourth-order valence-corrected chi connectivity index (χ4v) is 3.27. The molecular formula is C20H19F2N5O2. The number of rotatable bonds is 5. The van der Waals surface area contributed by atoms with Gasteiger partial charge in [0.05, 0.1) is 23.2 Å². The minimum Gasteiger partial charge on any atom is -0.343 e. The molecule has 0 atom stereocenters. The standard InChI is InChI=1S/C20H19F2N5O2/c1-10-18-13(8-16(11-3-4-11)25-19(18)27(2)26-10)20(29)23-9-17(28)24-12-5-6-14(21)15(22)7-12/h5-8,11H,3-4,9H2,1-2H3,(H,23,29)(H,24,28). The van der Waals surface area contributed by atoms with Crippen LogP contribution in [-0.4, -0.2) is 33.1 Å². The molecule has 2 amide bonds. The van der Waals surface area contributed by atoms with E-state index in [1.54, 1.807) is 24.7 Å². The van der Waals surface area contributed by atoms with Gasteiger partial charge in [0.1, 0.15) is 0 Å². The Balaban J connectivity index is 1.51. The summed E-state index contributed by atoms with van der Waals surface area (Å²) in [6.45, 7) is 1.48. The van der Waals surface area contributed by atoms with Crippen LogP contribution in [0.2, 0.25) is 0 Å². The van der Waals surface area contributed by atoms with Crippen molar-refractivity contribution in [3.8, 4) is 0 Å². The van der Waals surface area contributed by atoms with Gasteiger partial charge in [0.15, 0.2) is 17.3 Å². The molecule has 0 aliphatic heterocycles. The van der Waals surface area contributed by atoms with Gasteiger partial charge in [0.2, 0.25) is 5.91 Å². The molecule has 1 aliphatic rings. The molecule has 7 nitrogen and oxygen atoms in total. The van der Waals surface area contributed by atoms with Gasteiger partial charge in [-0.1, -0.05) is 0 Å². The maximum atomic E-state index is 13.3. The lowest BCUT2D eigenvalue weighted by Crippen LogP contribution is -2.33. The number of hydrogen-bond acceptors (Lipinski definition) is 4. The fraction of sp³-hybridized carbons (Fsp3) is 0.300. The number of carbonyl (C=O) groups is 2. The molecule has 0 saturated heterocycles. The Bertz CT molecular complexity index is 1140. The van der Waals surface area contributed by atoms with Gasteiger partial charge in [0.25, 0.3) is 5.91 Å². The van der Waals surface area contributed by atoms with Gasteiger partial charge in [-0.05, 0) is 38.0 Å². The topological polar surface area (TPSA) is 88.9 Å². The number of benzene rings is 1. The van der Waals surface area contributed by atoms with E-state index in [0.717, 1.165) is 30.7 Å². The summed E-state index contributed by atoms with van der Waals surface area (Å²) >= 11 is 0. The van der Waals surface area contributed by atoms with Crippen LogP contribution in [0.3, 0.4) is 0 Å². The number of amides is 2. The highest BCUT2D eigenvalue weighted by atomic mass is 19.2. The number of nitrogens with zero attached hydrogens (tertiary/aromatic N) is 3. The van der Waals surface area contributed by atoms with E-state index < -0.39 is 23.4 Å². The van der Waals surface area contributed by atoms with Gasteiger partial charge in [-0.3, -0.25) is 14.3 Å². The Labute approximate surface area is 165 Å². The fourth-order valence-electron chi connectivity index (χ4n) is 3.27. The minimum atomic E-state index is -1.06. The lowest BCUT2D eigenvalue weighted by atomic mass is 10.1. The van der Waals surface area contributed by atoms with Gasteiger partial charge in [-0.25, -0.2) is 13.8 Å². The van der Waals surface area contributed by atoms with Crippen molar-refractivity contribution in [1.82, 2.24) is 20.1 Å². The smallest absolute Gasteiger partial charge is 0.252 e. The van der Waals surface area contributed by atoms with E-state index in [1.807, 2.05) is 0 Å². The molecule has 0 radical (unpaired) electrons. The number of carbonyl (C=O) groups excluding carboxylic acids is 2. The first-order valence-electron chi connectivity index (χ1n) is 9.21. The molecule has 2 heterocycles. The second-order valence-electron chi connectivity index (χ2n) is 7.14. The Kier molecular flexibility index (Phi) is 4.73. The van der Waals surface area contributed by atoms with E-state index in [-0.39, 0.29) is 12.2 Å². The highest BCUT2D eigenvalue weighted by molar-refractivity contribution is 6.08. The van der Waals surface area contributed by atoms with Crippen molar-refractivity contribution in [2.24, 2.45) is 7.05 Å². The molecule has 0 spiro atoms. The maximum Gasteiger partial charge on any atom is 0.252 e. The Morgan fingerprint density at radius 3 is 2.66 bits per heavy atom. The van der Waals surface area contributed by atoms with Crippen LogP contribution in [0.15, 0.2) is 24.3 Å². The number of aryl methyl sites for hydroxylation is 2. The first-order valence-corrected chi connectivity index (χ1v) is 9.21. The van der Waals surface area contributed by atoms with E-state index in [2.05, 4.69) is 20.7 Å². The van der Waals surface area contributed by atoms with Crippen molar-refractivity contribution in [2.45, 2.75) is 25.7 Å². The predicted molar refractivity (Wildman–Crippen MR) is 103 cm³/mol. The summed E-state index contributed by atoms with van der Waals surface area (Å²) in [5.41, 5.74) is 2.67. The van der Waals surface area contributed by atoms with Crippen LogP contribution >= 0.6 is 0 Å². The summed E-state index contributed by atoms with van der Waals surface area (Å²) < 4.78 is 27.9. The molecule has 0 bridgehead atoms. The van der Waals surface area contributed by atoms with Crippen molar-refractivity contribution < 1.29 is 18.4 Å². The number of aromatic nitrogens is 3. The molecule has 1 aliphatic carbocycles.